The van der Waals surface area contributed by atoms with Crippen LogP contribution in [-0.4, -0.2) is 14.5 Å². The summed E-state index contributed by atoms with van der Waals surface area (Å²) < 4.78 is 28.6. The maximum absolute atomic E-state index is 11.4. The predicted molar refractivity (Wildman–Crippen MR) is 74.3 cm³/mol. The van der Waals surface area contributed by atoms with Crippen molar-refractivity contribution in [3.63, 3.8) is 0 Å². The number of hydrogen-bond acceptors (Lipinski definition) is 4. The van der Waals surface area contributed by atoms with Crippen LogP contribution >= 0.6 is 0 Å². The van der Waals surface area contributed by atoms with Crippen LogP contribution < -0.4 is 15.6 Å². The number of anilines is 1. The van der Waals surface area contributed by atoms with Crippen molar-refractivity contribution in [2.45, 2.75) is 43.6 Å². The smallest absolute Gasteiger partial charge is 0.240 e. The van der Waals surface area contributed by atoms with Crippen LogP contribution in [0.25, 0.3) is 0 Å². The molecule has 1 aliphatic carbocycles. The first kappa shape index (κ1) is 14.1. The lowest BCUT2D eigenvalue weighted by atomic mass is 9.89. The summed E-state index contributed by atoms with van der Waals surface area (Å²) in [5.41, 5.74) is 5.93. The molecule has 0 bridgehead atoms. The molecule has 0 spiro atoms. The third kappa shape index (κ3) is 3.39. The Morgan fingerprint density at radius 3 is 2.42 bits per heavy atom. The Labute approximate surface area is 114 Å². The summed E-state index contributed by atoms with van der Waals surface area (Å²) in [5, 5.41) is 5.11. The minimum absolute atomic E-state index is 0.0748. The quantitative estimate of drug-likeness (QED) is 0.828. The van der Waals surface area contributed by atoms with Crippen LogP contribution in [0.2, 0.25) is 0 Å². The molecule has 0 aliphatic heterocycles. The first-order valence-corrected chi connectivity index (χ1v) is 8.00. The Morgan fingerprint density at radius 2 is 1.84 bits per heavy atom. The minimum atomic E-state index is -3.81. The number of rotatable bonds is 3. The van der Waals surface area contributed by atoms with Crippen molar-refractivity contribution >= 4 is 15.7 Å². The largest absolute Gasteiger partial charge is 0.488 e. The number of primary sulfonamides is 1. The van der Waals surface area contributed by atoms with E-state index in [4.69, 9.17) is 15.6 Å². The first-order chi connectivity index (χ1) is 8.88. The first-order valence-electron chi connectivity index (χ1n) is 6.46. The molecule has 0 radical (unpaired) electrons. The maximum Gasteiger partial charge on any atom is 0.240 e. The highest BCUT2D eigenvalue weighted by Gasteiger charge is 2.22. The number of para-hydroxylation sites is 1. The zero-order chi connectivity index (χ0) is 14.0. The predicted octanol–water partition coefficient (Wildman–Crippen LogP) is 1.87. The monoisotopic (exact) mass is 284 g/mol. The lowest BCUT2D eigenvalue weighted by Gasteiger charge is -2.27. The van der Waals surface area contributed by atoms with Crippen LogP contribution in [0.1, 0.15) is 32.6 Å². The van der Waals surface area contributed by atoms with E-state index in [1.54, 1.807) is 12.1 Å². The van der Waals surface area contributed by atoms with Crippen molar-refractivity contribution in [3.05, 3.63) is 18.2 Å². The number of hydrogen-bond donors (Lipinski definition) is 2. The van der Waals surface area contributed by atoms with Crippen LogP contribution in [0.5, 0.6) is 5.75 Å². The summed E-state index contributed by atoms with van der Waals surface area (Å²) >= 11 is 0. The fourth-order valence-corrected chi connectivity index (χ4v) is 3.08. The lowest BCUT2D eigenvalue weighted by Crippen LogP contribution is -2.24. The summed E-state index contributed by atoms with van der Waals surface area (Å²) in [6.07, 6.45) is 4.30. The molecule has 106 valence electrons. The van der Waals surface area contributed by atoms with Crippen LogP contribution in [0.4, 0.5) is 5.69 Å². The van der Waals surface area contributed by atoms with Gasteiger partial charge in [0.15, 0.2) is 0 Å². The van der Waals surface area contributed by atoms with Crippen molar-refractivity contribution in [1.82, 2.24) is 0 Å². The number of sulfonamides is 1. The van der Waals surface area contributed by atoms with Gasteiger partial charge in [-0.05, 0) is 43.7 Å². The van der Waals surface area contributed by atoms with E-state index < -0.39 is 10.0 Å². The topological polar surface area (TPSA) is 95.4 Å². The van der Waals surface area contributed by atoms with Gasteiger partial charge in [0.1, 0.15) is 10.6 Å². The van der Waals surface area contributed by atoms with Crippen LogP contribution in [0, 0.1) is 5.92 Å². The molecule has 2 rings (SSSR count). The van der Waals surface area contributed by atoms with E-state index in [9.17, 15) is 8.42 Å². The second-order valence-electron chi connectivity index (χ2n) is 5.21. The van der Waals surface area contributed by atoms with Gasteiger partial charge in [-0.15, -0.1) is 0 Å². The molecule has 1 saturated carbocycles. The molecular weight excluding hydrogens is 264 g/mol. The minimum Gasteiger partial charge on any atom is -0.488 e. The highest BCUT2D eigenvalue weighted by molar-refractivity contribution is 7.89. The summed E-state index contributed by atoms with van der Waals surface area (Å²) in [4.78, 5) is -0.0748. The molecule has 1 aliphatic rings. The molecule has 0 heterocycles. The van der Waals surface area contributed by atoms with E-state index in [2.05, 4.69) is 6.92 Å². The summed E-state index contributed by atoms with van der Waals surface area (Å²) in [7, 11) is -3.81. The van der Waals surface area contributed by atoms with Gasteiger partial charge in [-0.3, -0.25) is 0 Å². The van der Waals surface area contributed by atoms with Gasteiger partial charge in [-0.2, -0.15) is 0 Å². The van der Waals surface area contributed by atoms with Gasteiger partial charge in [0.05, 0.1) is 11.8 Å². The van der Waals surface area contributed by atoms with E-state index >= 15 is 0 Å². The summed E-state index contributed by atoms with van der Waals surface area (Å²) in [6, 6.07) is 4.67. The van der Waals surface area contributed by atoms with E-state index in [0.29, 0.717) is 5.75 Å². The number of nitrogen functional groups attached to an aromatic ring is 1. The molecular formula is C13H20N2O3S. The van der Waals surface area contributed by atoms with Gasteiger partial charge in [-0.25, -0.2) is 13.6 Å². The van der Waals surface area contributed by atoms with Gasteiger partial charge in [0.25, 0.3) is 0 Å². The average molecular weight is 284 g/mol. The number of nitrogens with two attached hydrogens (primary N) is 2. The van der Waals surface area contributed by atoms with Crippen LogP contribution in [0.3, 0.4) is 0 Å². The molecule has 4 N–H and O–H groups in total. The molecule has 1 fully saturated rings. The fourth-order valence-electron chi connectivity index (χ4n) is 2.40. The standard InChI is InChI=1S/C13H20N2O3S/c1-9-5-7-10(8-6-9)18-11-3-2-4-12(13(11)14)19(15,16)17/h2-4,9-10H,5-8,14H2,1H3,(H2,15,16,17). The molecule has 6 heteroatoms. The van der Waals surface area contributed by atoms with E-state index in [1.165, 1.54) is 6.07 Å². The second kappa shape index (κ2) is 5.38. The molecule has 0 unspecified atom stereocenters. The zero-order valence-electron chi connectivity index (χ0n) is 11.0. The third-order valence-corrected chi connectivity index (χ3v) is 4.56. The van der Waals surface area contributed by atoms with Crippen molar-refractivity contribution in [1.29, 1.82) is 0 Å². The molecule has 0 aromatic heterocycles. The van der Waals surface area contributed by atoms with Gasteiger partial charge in [0.2, 0.25) is 10.0 Å². The van der Waals surface area contributed by atoms with Gasteiger partial charge in [-0.1, -0.05) is 13.0 Å². The Morgan fingerprint density at radius 1 is 1.21 bits per heavy atom. The average Bonchev–Trinajstić information content (AvgIpc) is 2.33. The van der Waals surface area contributed by atoms with Crippen LogP contribution in [0.15, 0.2) is 23.1 Å². The lowest BCUT2D eigenvalue weighted by molar-refractivity contribution is 0.136. The SMILES string of the molecule is CC1CCC(Oc2cccc(S(N)(=O)=O)c2N)CC1. The van der Waals surface area contributed by atoms with E-state index in [-0.39, 0.29) is 16.7 Å². The van der Waals surface area contributed by atoms with E-state index in [1.807, 2.05) is 0 Å². The number of benzene rings is 1. The Kier molecular flexibility index (Phi) is 4.01. The zero-order valence-corrected chi connectivity index (χ0v) is 11.8. The van der Waals surface area contributed by atoms with Crippen molar-refractivity contribution in [2.75, 3.05) is 5.73 Å². The fraction of sp³-hybridized carbons (Fsp3) is 0.538. The van der Waals surface area contributed by atoms with Crippen molar-refractivity contribution in [3.8, 4) is 5.75 Å². The highest BCUT2D eigenvalue weighted by Crippen LogP contribution is 2.32. The third-order valence-electron chi connectivity index (χ3n) is 3.59. The number of ether oxygens (including phenoxy) is 1. The Balaban J connectivity index is 2.17. The maximum atomic E-state index is 11.4. The molecule has 0 amide bonds. The van der Waals surface area contributed by atoms with Gasteiger partial charge < -0.3 is 10.5 Å². The second-order valence-corrected chi connectivity index (χ2v) is 6.74. The van der Waals surface area contributed by atoms with Gasteiger partial charge >= 0.3 is 0 Å². The Bertz CT molecular complexity index is 549. The summed E-state index contributed by atoms with van der Waals surface area (Å²) in [5.74, 6) is 1.14. The van der Waals surface area contributed by atoms with E-state index in [0.717, 1.165) is 31.6 Å². The van der Waals surface area contributed by atoms with Crippen molar-refractivity contribution < 1.29 is 13.2 Å². The summed E-state index contributed by atoms with van der Waals surface area (Å²) in [6.45, 7) is 2.23. The van der Waals surface area contributed by atoms with Crippen molar-refractivity contribution in [2.24, 2.45) is 11.1 Å². The highest BCUT2D eigenvalue weighted by atomic mass is 32.2. The van der Waals surface area contributed by atoms with Gasteiger partial charge in [0, 0.05) is 0 Å². The normalized spacial score (nSPS) is 24.1. The molecule has 5 nitrogen and oxygen atoms in total. The Hall–Kier alpha value is -1.27. The molecule has 0 saturated heterocycles. The molecule has 1 aromatic rings. The molecule has 1 aromatic carbocycles. The van der Waals surface area contributed by atoms with Crippen LogP contribution in [-0.2, 0) is 10.0 Å². The molecule has 19 heavy (non-hydrogen) atoms. The molecule has 0 atom stereocenters.